The Balaban J connectivity index is 1.72. The molecule has 3 rings (SSSR count). The SMILES string of the molecule is O=C(N[C@@H](Cc1ccccc1)[C@@H](O)c1nccs1)C1CCCCC1. The number of aromatic nitrogens is 1. The molecular weight excluding hydrogens is 320 g/mol. The quantitative estimate of drug-likeness (QED) is 0.843. The molecule has 1 fully saturated rings. The first-order valence-corrected chi connectivity index (χ1v) is 9.54. The van der Waals surface area contributed by atoms with Gasteiger partial charge in [0.2, 0.25) is 5.91 Å². The van der Waals surface area contributed by atoms with Gasteiger partial charge in [-0.2, -0.15) is 0 Å². The molecule has 0 radical (unpaired) electrons. The maximum Gasteiger partial charge on any atom is 0.223 e. The second-order valence-electron chi connectivity index (χ2n) is 6.45. The molecule has 1 aliphatic rings. The fourth-order valence-electron chi connectivity index (χ4n) is 3.33. The molecule has 0 aliphatic heterocycles. The summed E-state index contributed by atoms with van der Waals surface area (Å²) in [6, 6.07) is 9.61. The molecule has 2 atom stereocenters. The van der Waals surface area contributed by atoms with Crippen molar-refractivity contribution in [1.29, 1.82) is 0 Å². The second-order valence-corrected chi connectivity index (χ2v) is 7.38. The number of hydrogen-bond acceptors (Lipinski definition) is 4. The van der Waals surface area contributed by atoms with Crippen LogP contribution in [-0.4, -0.2) is 22.0 Å². The minimum Gasteiger partial charge on any atom is -0.384 e. The van der Waals surface area contributed by atoms with Gasteiger partial charge in [-0.05, 0) is 24.8 Å². The van der Waals surface area contributed by atoms with E-state index >= 15 is 0 Å². The summed E-state index contributed by atoms with van der Waals surface area (Å²) in [6.45, 7) is 0. The first-order valence-electron chi connectivity index (χ1n) is 8.66. The maximum atomic E-state index is 12.6. The standard InChI is InChI=1S/C19H24N2O2S/c22-17(19-20-11-12-24-19)16(13-14-7-3-1-4-8-14)21-18(23)15-9-5-2-6-10-15/h1,3-4,7-8,11-12,15-17,22H,2,5-6,9-10,13H2,(H,21,23)/t16-,17+/m0/s1. The van der Waals surface area contributed by atoms with Gasteiger partial charge in [0.05, 0.1) is 6.04 Å². The van der Waals surface area contributed by atoms with Gasteiger partial charge in [-0.3, -0.25) is 4.79 Å². The summed E-state index contributed by atoms with van der Waals surface area (Å²) in [6.07, 6.45) is 6.88. The summed E-state index contributed by atoms with van der Waals surface area (Å²) < 4.78 is 0. The van der Waals surface area contributed by atoms with E-state index in [1.165, 1.54) is 17.8 Å². The van der Waals surface area contributed by atoms with E-state index in [4.69, 9.17) is 0 Å². The van der Waals surface area contributed by atoms with Crippen LogP contribution in [0.2, 0.25) is 0 Å². The Hall–Kier alpha value is -1.72. The van der Waals surface area contributed by atoms with Gasteiger partial charge in [-0.15, -0.1) is 11.3 Å². The molecule has 0 spiro atoms. The molecule has 1 amide bonds. The lowest BCUT2D eigenvalue weighted by molar-refractivity contribution is -0.127. The molecule has 2 N–H and O–H groups in total. The fourth-order valence-corrected chi connectivity index (χ4v) is 4.01. The van der Waals surface area contributed by atoms with Crippen molar-refractivity contribution in [3.8, 4) is 0 Å². The number of nitrogens with zero attached hydrogens (tertiary/aromatic N) is 1. The Labute approximate surface area is 146 Å². The minimum atomic E-state index is -0.780. The molecule has 0 unspecified atom stereocenters. The van der Waals surface area contributed by atoms with Crippen molar-refractivity contribution in [2.45, 2.75) is 50.7 Å². The Bertz CT molecular complexity index is 624. The molecule has 2 aromatic rings. The van der Waals surface area contributed by atoms with E-state index in [-0.39, 0.29) is 17.9 Å². The lowest BCUT2D eigenvalue weighted by atomic mass is 9.88. The lowest BCUT2D eigenvalue weighted by Crippen LogP contribution is -2.44. The lowest BCUT2D eigenvalue weighted by Gasteiger charge is -2.27. The largest absolute Gasteiger partial charge is 0.384 e. The smallest absolute Gasteiger partial charge is 0.223 e. The molecule has 1 aromatic heterocycles. The number of aliphatic hydroxyl groups is 1. The summed E-state index contributed by atoms with van der Waals surface area (Å²) in [7, 11) is 0. The zero-order chi connectivity index (χ0) is 16.8. The van der Waals surface area contributed by atoms with Gasteiger partial charge < -0.3 is 10.4 Å². The number of rotatable bonds is 6. The molecule has 1 heterocycles. The van der Waals surface area contributed by atoms with E-state index in [0.717, 1.165) is 31.2 Å². The zero-order valence-electron chi connectivity index (χ0n) is 13.7. The fraction of sp³-hybridized carbons (Fsp3) is 0.474. The van der Waals surface area contributed by atoms with Gasteiger partial charge >= 0.3 is 0 Å². The highest BCUT2D eigenvalue weighted by molar-refractivity contribution is 7.09. The summed E-state index contributed by atoms with van der Waals surface area (Å²) in [5.74, 6) is 0.159. The highest BCUT2D eigenvalue weighted by Crippen LogP contribution is 2.26. The average molecular weight is 344 g/mol. The summed E-state index contributed by atoms with van der Waals surface area (Å²) >= 11 is 1.42. The van der Waals surface area contributed by atoms with Crippen molar-refractivity contribution < 1.29 is 9.90 Å². The van der Waals surface area contributed by atoms with Crippen molar-refractivity contribution in [3.05, 3.63) is 52.5 Å². The van der Waals surface area contributed by atoms with Crippen LogP contribution in [0.5, 0.6) is 0 Å². The molecular formula is C19H24N2O2S. The number of amides is 1. The van der Waals surface area contributed by atoms with Crippen molar-refractivity contribution in [3.63, 3.8) is 0 Å². The highest BCUT2D eigenvalue weighted by Gasteiger charge is 2.28. The van der Waals surface area contributed by atoms with E-state index in [0.29, 0.717) is 11.4 Å². The monoisotopic (exact) mass is 344 g/mol. The number of carbonyl (C=O) groups excluding carboxylic acids is 1. The number of aliphatic hydroxyl groups excluding tert-OH is 1. The van der Waals surface area contributed by atoms with Gasteiger partial charge in [0, 0.05) is 17.5 Å². The number of carbonyl (C=O) groups is 1. The van der Waals surface area contributed by atoms with Crippen LogP contribution in [0.15, 0.2) is 41.9 Å². The van der Waals surface area contributed by atoms with Crippen LogP contribution >= 0.6 is 11.3 Å². The Morgan fingerprint density at radius 3 is 2.67 bits per heavy atom. The van der Waals surface area contributed by atoms with Gasteiger partial charge in [0.15, 0.2) is 0 Å². The van der Waals surface area contributed by atoms with Crippen LogP contribution in [0.1, 0.15) is 48.8 Å². The van der Waals surface area contributed by atoms with E-state index in [9.17, 15) is 9.90 Å². The first-order chi connectivity index (χ1) is 11.7. The Morgan fingerprint density at radius 1 is 1.25 bits per heavy atom. The van der Waals surface area contributed by atoms with Crippen LogP contribution in [0.4, 0.5) is 0 Å². The minimum absolute atomic E-state index is 0.0752. The second kappa shape index (κ2) is 8.40. The molecule has 4 nitrogen and oxygen atoms in total. The third-order valence-electron chi connectivity index (χ3n) is 4.69. The van der Waals surface area contributed by atoms with Crippen LogP contribution in [0.3, 0.4) is 0 Å². The Morgan fingerprint density at radius 2 is 2.00 bits per heavy atom. The number of thiazole rings is 1. The van der Waals surface area contributed by atoms with Crippen molar-refractivity contribution >= 4 is 17.2 Å². The molecule has 128 valence electrons. The van der Waals surface area contributed by atoms with Crippen LogP contribution in [0.25, 0.3) is 0 Å². The van der Waals surface area contributed by atoms with Gasteiger partial charge in [0.25, 0.3) is 0 Å². The third-order valence-corrected chi connectivity index (χ3v) is 5.53. The third kappa shape index (κ3) is 4.42. The number of nitrogens with one attached hydrogen (secondary N) is 1. The molecule has 1 saturated carbocycles. The van der Waals surface area contributed by atoms with E-state index in [1.807, 2.05) is 35.7 Å². The van der Waals surface area contributed by atoms with Crippen LogP contribution in [-0.2, 0) is 11.2 Å². The molecule has 24 heavy (non-hydrogen) atoms. The Kier molecular flexibility index (Phi) is 5.99. The topological polar surface area (TPSA) is 62.2 Å². The summed E-state index contributed by atoms with van der Waals surface area (Å²) in [5.41, 5.74) is 1.10. The van der Waals surface area contributed by atoms with Gasteiger partial charge in [-0.25, -0.2) is 4.98 Å². The average Bonchev–Trinajstić information content (AvgIpc) is 3.17. The summed E-state index contributed by atoms with van der Waals surface area (Å²) in [5, 5.41) is 16.3. The van der Waals surface area contributed by atoms with E-state index in [2.05, 4.69) is 10.3 Å². The zero-order valence-corrected chi connectivity index (χ0v) is 14.5. The van der Waals surface area contributed by atoms with Crippen LogP contribution < -0.4 is 5.32 Å². The molecule has 1 aromatic carbocycles. The molecule has 5 heteroatoms. The predicted octanol–water partition coefficient (Wildman–Crippen LogP) is 3.48. The van der Waals surface area contributed by atoms with Gasteiger partial charge in [-0.1, -0.05) is 49.6 Å². The van der Waals surface area contributed by atoms with Gasteiger partial charge in [0.1, 0.15) is 11.1 Å². The van der Waals surface area contributed by atoms with E-state index < -0.39 is 6.10 Å². The number of hydrogen-bond donors (Lipinski definition) is 2. The molecule has 0 bridgehead atoms. The van der Waals surface area contributed by atoms with Crippen LogP contribution in [0, 0.1) is 5.92 Å². The normalized spacial score (nSPS) is 18.0. The van der Waals surface area contributed by atoms with Crippen molar-refractivity contribution in [2.75, 3.05) is 0 Å². The van der Waals surface area contributed by atoms with Crippen molar-refractivity contribution in [1.82, 2.24) is 10.3 Å². The predicted molar refractivity (Wildman–Crippen MR) is 95.7 cm³/mol. The molecule has 1 aliphatic carbocycles. The highest BCUT2D eigenvalue weighted by atomic mass is 32.1. The maximum absolute atomic E-state index is 12.6. The van der Waals surface area contributed by atoms with Crippen molar-refractivity contribution in [2.24, 2.45) is 5.92 Å². The first kappa shape index (κ1) is 17.1. The number of benzene rings is 1. The summed E-state index contributed by atoms with van der Waals surface area (Å²) in [4.78, 5) is 16.8. The van der Waals surface area contributed by atoms with E-state index in [1.54, 1.807) is 6.20 Å². The molecule has 0 saturated heterocycles.